The lowest BCUT2D eigenvalue weighted by molar-refractivity contribution is 0.126. The van der Waals surface area contributed by atoms with Gasteiger partial charge in [0.2, 0.25) is 0 Å². The molecule has 0 bridgehead atoms. The van der Waals surface area contributed by atoms with Crippen LogP contribution in [0.4, 0.5) is 15.9 Å². The molecule has 1 aliphatic rings. The average Bonchev–Trinajstić information content (AvgIpc) is 2.76. The Labute approximate surface area is 191 Å². The smallest absolute Gasteiger partial charge is 0.126 e. The van der Waals surface area contributed by atoms with Gasteiger partial charge in [0, 0.05) is 24.3 Å². The molecule has 0 atom stereocenters. The van der Waals surface area contributed by atoms with E-state index in [2.05, 4.69) is 15.6 Å². The average molecular weight is 460 g/mol. The van der Waals surface area contributed by atoms with Crippen LogP contribution in [0.1, 0.15) is 31.2 Å². The van der Waals surface area contributed by atoms with Crippen molar-refractivity contribution in [3.8, 4) is 11.1 Å². The third kappa shape index (κ3) is 5.67. The number of hydrogen-bond donors (Lipinski definition) is 3. The summed E-state index contributed by atoms with van der Waals surface area (Å²) in [6.07, 6.45) is 4.88. The van der Waals surface area contributed by atoms with Gasteiger partial charge in [0.05, 0.1) is 21.8 Å². The normalized spacial score (nSPS) is 18.6. The van der Waals surface area contributed by atoms with Crippen molar-refractivity contribution < 1.29 is 9.50 Å². The molecule has 1 aliphatic carbocycles. The molecule has 0 radical (unpaired) electrons. The van der Waals surface area contributed by atoms with Gasteiger partial charge in [0.15, 0.2) is 0 Å². The molecule has 4 rings (SSSR count). The summed E-state index contributed by atoms with van der Waals surface area (Å²) in [4.78, 5) is 4.42. The summed E-state index contributed by atoms with van der Waals surface area (Å²) in [5.41, 5.74) is 3.32. The fourth-order valence-electron chi connectivity index (χ4n) is 3.84. The summed E-state index contributed by atoms with van der Waals surface area (Å²) in [5.74, 6) is 0.486. The van der Waals surface area contributed by atoms with E-state index in [4.69, 9.17) is 23.2 Å². The standard InChI is InChI=1S/C24H24Cl2FN3O/c25-21-9-4-16(11-23(21)28-13-15-2-1-3-17(27)10-15)20-12-24(29-14-22(20)26)30-18-5-7-19(31)8-6-18/h1-4,9-12,14,18-19,28,31H,5-8,13H2,(H,29,30)/t18-,19-. The van der Waals surface area contributed by atoms with Crippen LogP contribution < -0.4 is 10.6 Å². The molecule has 0 aliphatic heterocycles. The maximum Gasteiger partial charge on any atom is 0.126 e. The first-order chi connectivity index (χ1) is 15.0. The highest BCUT2D eigenvalue weighted by molar-refractivity contribution is 6.34. The van der Waals surface area contributed by atoms with Gasteiger partial charge in [-0.2, -0.15) is 0 Å². The molecule has 1 fully saturated rings. The van der Waals surface area contributed by atoms with Crippen LogP contribution in [0, 0.1) is 5.82 Å². The molecule has 0 saturated heterocycles. The van der Waals surface area contributed by atoms with Gasteiger partial charge in [0.25, 0.3) is 0 Å². The van der Waals surface area contributed by atoms with Crippen molar-refractivity contribution in [1.29, 1.82) is 0 Å². The molecular formula is C24H24Cl2FN3O. The van der Waals surface area contributed by atoms with Crippen LogP contribution in [0.15, 0.2) is 54.7 Å². The van der Waals surface area contributed by atoms with Crippen molar-refractivity contribution in [3.05, 3.63) is 76.2 Å². The topological polar surface area (TPSA) is 57.2 Å². The molecule has 1 aromatic heterocycles. The van der Waals surface area contributed by atoms with Crippen LogP contribution in [0.25, 0.3) is 11.1 Å². The van der Waals surface area contributed by atoms with Crippen molar-refractivity contribution in [2.24, 2.45) is 0 Å². The molecule has 0 unspecified atom stereocenters. The number of halogens is 3. The van der Waals surface area contributed by atoms with E-state index in [1.807, 2.05) is 30.3 Å². The highest BCUT2D eigenvalue weighted by Gasteiger charge is 2.20. The highest BCUT2D eigenvalue weighted by Crippen LogP contribution is 2.34. The zero-order valence-corrected chi connectivity index (χ0v) is 18.4. The first kappa shape index (κ1) is 21.9. The van der Waals surface area contributed by atoms with Crippen molar-refractivity contribution in [2.45, 2.75) is 44.4 Å². The Hall–Kier alpha value is -2.34. The molecule has 1 saturated carbocycles. The van der Waals surface area contributed by atoms with Crippen molar-refractivity contribution >= 4 is 34.7 Å². The second-order valence-electron chi connectivity index (χ2n) is 7.88. The summed E-state index contributed by atoms with van der Waals surface area (Å²) in [6.45, 7) is 0.450. The van der Waals surface area contributed by atoms with Gasteiger partial charge >= 0.3 is 0 Å². The summed E-state index contributed by atoms with van der Waals surface area (Å²) in [6, 6.07) is 14.3. The predicted octanol–water partition coefficient (Wildman–Crippen LogP) is 6.52. The third-order valence-corrected chi connectivity index (χ3v) is 6.18. The maximum atomic E-state index is 13.4. The second kappa shape index (κ2) is 9.86. The lowest BCUT2D eigenvalue weighted by Crippen LogP contribution is -2.28. The summed E-state index contributed by atoms with van der Waals surface area (Å²) < 4.78 is 13.4. The number of aliphatic hydroxyl groups excluding tert-OH is 1. The van der Waals surface area contributed by atoms with Gasteiger partial charge in [-0.05, 0) is 67.1 Å². The van der Waals surface area contributed by atoms with Crippen LogP contribution in [0.5, 0.6) is 0 Å². The molecule has 3 N–H and O–H groups in total. The summed E-state index contributed by atoms with van der Waals surface area (Å²) >= 11 is 12.8. The molecule has 7 heteroatoms. The van der Waals surface area contributed by atoms with Crippen molar-refractivity contribution in [1.82, 2.24) is 4.98 Å². The number of aromatic nitrogens is 1. The van der Waals surface area contributed by atoms with Gasteiger partial charge in [-0.25, -0.2) is 9.37 Å². The molecule has 31 heavy (non-hydrogen) atoms. The SMILES string of the molecule is O[C@H]1CC[C@H](Nc2cc(-c3ccc(Cl)c(NCc4cccc(F)c4)c3)c(Cl)cn2)CC1. The van der Waals surface area contributed by atoms with E-state index >= 15 is 0 Å². The Kier molecular flexibility index (Phi) is 6.96. The monoisotopic (exact) mass is 459 g/mol. The van der Waals surface area contributed by atoms with E-state index in [0.29, 0.717) is 22.6 Å². The van der Waals surface area contributed by atoms with Gasteiger partial charge in [-0.1, -0.05) is 41.4 Å². The fourth-order valence-corrected chi connectivity index (χ4v) is 4.24. The first-order valence-electron chi connectivity index (χ1n) is 10.4. The Bertz CT molecular complexity index is 1050. The van der Waals surface area contributed by atoms with Crippen molar-refractivity contribution in [3.63, 3.8) is 0 Å². The molecular weight excluding hydrogens is 436 g/mol. The number of benzene rings is 2. The number of pyridine rings is 1. The zero-order chi connectivity index (χ0) is 21.8. The van der Waals surface area contributed by atoms with Gasteiger partial charge in [-0.15, -0.1) is 0 Å². The number of nitrogens with zero attached hydrogens (tertiary/aromatic N) is 1. The van der Waals surface area contributed by atoms with E-state index in [1.54, 1.807) is 12.3 Å². The lowest BCUT2D eigenvalue weighted by Gasteiger charge is -2.26. The Morgan fingerprint density at radius 1 is 1.00 bits per heavy atom. The Morgan fingerprint density at radius 3 is 2.58 bits per heavy atom. The number of hydrogen-bond acceptors (Lipinski definition) is 4. The minimum Gasteiger partial charge on any atom is -0.393 e. The molecule has 0 amide bonds. The molecule has 2 aromatic carbocycles. The fraction of sp³-hybridized carbons (Fsp3) is 0.292. The quantitative estimate of drug-likeness (QED) is 0.392. The number of anilines is 2. The van der Waals surface area contributed by atoms with E-state index in [0.717, 1.165) is 53.9 Å². The second-order valence-corrected chi connectivity index (χ2v) is 8.69. The van der Waals surface area contributed by atoms with E-state index in [9.17, 15) is 9.50 Å². The van der Waals surface area contributed by atoms with Gasteiger partial charge < -0.3 is 15.7 Å². The van der Waals surface area contributed by atoms with Crippen LogP contribution in [0.3, 0.4) is 0 Å². The summed E-state index contributed by atoms with van der Waals surface area (Å²) in [7, 11) is 0. The largest absolute Gasteiger partial charge is 0.393 e. The molecule has 4 nitrogen and oxygen atoms in total. The maximum absolute atomic E-state index is 13.4. The Morgan fingerprint density at radius 2 is 1.81 bits per heavy atom. The number of nitrogens with one attached hydrogen (secondary N) is 2. The van der Waals surface area contributed by atoms with E-state index in [-0.39, 0.29) is 11.9 Å². The molecule has 3 aromatic rings. The predicted molar refractivity (Wildman–Crippen MR) is 125 cm³/mol. The van der Waals surface area contributed by atoms with Gasteiger partial charge in [0.1, 0.15) is 11.6 Å². The van der Waals surface area contributed by atoms with Crippen LogP contribution in [-0.2, 0) is 6.54 Å². The van der Waals surface area contributed by atoms with E-state index < -0.39 is 0 Å². The minimum absolute atomic E-state index is 0.195. The number of rotatable bonds is 6. The van der Waals surface area contributed by atoms with Crippen LogP contribution in [0.2, 0.25) is 10.0 Å². The first-order valence-corrected chi connectivity index (χ1v) is 11.1. The highest BCUT2D eigenvalue weighted by atomic mass is 35.5. The van der Waals surface area contributed by atoms with E-state index in [1.165, 1.54) is 12.1 Å². The molecule has 0 spiro atoms. The van der Waals surface area contributed by atoms with Gasteiger partial charge in [-0.3, -0.25) is 0 Å². The zero-order valence-electron chi connectivity index (χ0n) is 16.9. The van der Waals surface area contributed by atoms with Crippen LogP contribution >= 0.6 is 23.2 Å². The third-order valence-electron chi connectivity index (χ3n) is 5.55. The van der Waals surface area contributed by atoms with Crippen molar-refractivity contribution in [2.75, 3.05) is 10.6 Å². The van der Waals surface area contributed by atoms with Crippen LogP contribution in [-0.4, -0.2) is 22.2 Å². The number of aliphatic hydroxyl groups is 1. The minimum atomic E-state index is -0.268. The summed E-state index contributed by atoms with van der Waals surface area (Å²) in [5, 5.41) is 17.6. The lowest BCUT2D eigenvalue weighted by atomic mass is 9.93. The Balaban J connectivity index is 1.52. The molecule has 162 valence electrons. The molecule has 1 heterocycles.